The molecule has 0 saturated carbocycles. The van der Waals surface area contributed by atoms with E-state index in [2.05, 4.69) is 4.98 Å². The first-order chi connectivity index (χ1) is 7.66. The van der Waals surface area contributed by atoms with Crippen LogP contribution in [0.5, 0.6) is 5.75 Å². The minimum absolute atomic E-state index is 0.246. The monoisotopic (exact) mass is 257 g/mol. The fraction of sp³-hybridized carbons (Fsp3) is 0.583. The molecule has 0 aliphatic carbocycles. The highest BCUT2D eigenvalue weighted by molar-refractivity contribution is 7.90. The summed E-state index contributed by atoms with van der Waals surface area (Å²) in [6, 6.07) is 1.55. The number of rotatable bonds is 3. The Kier molecular flexibility index (Phi) is 3.81. The van der Waals surface area contributed by atoms with E-state index in [-0.39, 0.29) is 10.3 Å². The van der Waals surface area contributed by atoms with E-state index in [4.69, 9.17) is 4.74 Å². The zero-order valence-electron chi connectivity index (χ0n) is 10.9. The second kappa shape index (κ2) is 4.64. The first-order valence-electron chi connectivity index (χ1n) is 5.49. The van der Waals surface area contributed by atoms with Crippen LogP contribution in [0.4, 0.5) is 0 Å². The summed E-state index contributed by atoms with van der Waals surface area (Å²) in [5.41, 5.74) is 0.256. The van der Waals surface area contributed by atoms with E-state index < -0.39 is 9.84 Å². The van der Waals surface area contributed by atoms with E-state index in [0.29, 0.717) is 18.1 Å². The Morgan fingerprint density at radius 1 is 1.35 bits per heavy atom. The lowest BCUT2D eigenvalue weighted by molar-refractivity contribution is 0.336. The zero-order chi connectivity index (χ0) is 13.3. The summed E-state index contributed by atoms with van der Waals surface area (Å²) in [6.07, 6.45) is 2.76. The summed E-state index contributed by atoms with van der Waals surface area (Å²) in [7, 11) is -3.30. The summed E-state index contributed by atoms with van der Waals surface area (Å²) in [5.74, 6) is 0.487. The summed E-state index contributed by atoms with van der Waals surface area (Å²) in [5, 5.41) is 0. The number of nitrogens with zero attached hydrogens (tertiary/aromatic N) is 1. The van der Waals surface area contributed by atoms with Gasteiger partial charge in [-0.05, 0) is 6.92 Å². The minimum atomic E-state index is -3.30. The van der Waals surface area contributed by atoms with Crippen LogP contribution in [-0.4, -0.2) is 26.3 Å². The molecule has 1 aromatic rings. The second-order valence-electron chi connectivity index (χ2n) is 4.97. The van der Waals surface area contributed by atoms with Crippen LogP contribution in [0, 0.1) is 0 Å². The van der Waals surface area contributed by atoms with Gasteiger partial charge >= 0.3 is 0 Å². The maximum Gasteiger partial charge on any atom is 0.177 e. The Bertz CT molecular complexity index is 501. The quantitative estimate of drug-likeness (QED) is 0.833. The van der Waals surface area contributed by atoms with Crippen LogP contribution in [0.25, 0.3) is 0 Å². The lowest BCUT2D eigenvalue weighted by atomic mass is 9.91. The van der Waals surface area contributed by atoms with Crippen LogP contribution in [0.15, 0.2) is 17.2 Å². The Morgan fingerprint density at radius 2 is 1.94 bits per heavy atom. The van der Waals surface area contributed by atoms with Crippen molar-refractivity contribution in [3.05, 3.63) is 18.0 Å². The molecule has 1 heterocycles. The minimum Gasteiger partial charge on any atom is -0.492 e. The van der Waals surface area contributed by atoms with Gasteiger partial charge < -0.3 is 4.74 Å². The molecular weight excluding hydrogens is 238 g/mol. The maximum absolute atomic E-state index is 11.8. The second-order valence-corrected chi connectivity index (χ2v) is 6.96. The molecule has 0 aliphatic heterocycles. The highest BCUT2D eigenvalue weighted by Crippen LogP contribution is 2.29. The average Bonchev–Trinajstić information content (AvgIpc) is 2.15. The molecule has 0 spiro atoms. The third kappa shape index (κ3) is 3.43. The van der Waals surface area contributed by atoms with Crippen molar-refractivity contribution < 1.29 is 13.2 Å². The largest absolute Gasteiger partial charge is 0.492 e. The van der Waals surface area contributed by atoms with Gasteiger partial charge in [-0.25, -0.2) is 8.42 Å². The molecule has 0 radical (unpaired) electrons. The van der Waals surface area contributed by atoms with E-state index in [1.54, 1.807) is 12.3 Å². The molecule has 96 valence electrons. The molecule has 0 aromatic carbocycles. The first-order valence-corrected chi connectivity index (χ1v) is 7.38. The van der Waals surface area contributed by atoms with E-state index in [9.17, 15) is 8.42 Å². The van der Waals surface area contributed by atoms with Gasteiger partial charge in [0, 0.05) is 17.7 Å². The molecule has 0 N–H and O–H groups in total. The van der Waals surface area contributed by atoms with E-state index >= 15 is 0 Å². The van der Waals surface area contributed by atoms with Crippen molar-refractivity contribution in [3.8, 4) is 5.75 Å². The van der Waals surface area contributed by atoms with Crippen molar-refractivity contribution in [3.63, 3.8) is 0 Å². The summed E-state index contributed by atoms with van der Waals surface area (Å²) < 4.78 is 28.8. The fourth-order valence-electron chi connectivity index (χ4n) is 1.52. The predicted molar refractivity (Wildman–Crippen MR) is 67.2 cm³/mol. The van der Waals surface area contributed by atoms with Gasteiger partial charge in [0.1, 0.15) is 5.75 Å². The van der Waals surface area contributed by atoms with Crippen molar-refractivity contribution in [2.75, 3.05) is 12.9 Å². The smallest absolute Gasteiger partial charge is 0.177 e. The highest BCUT2D eigenvalue weighted by atomic mass is 32.2. The fourth-order valence-corrected chi connectivity index (χ4v) is 2.56. The lowest BCUT2D eigenvalue weighted by Gasteiger charge is -2.21. The Hall–Kier alpha value is -1.10. The Balaban J connectivity index is 3.43. The van der Waals surface area contributed by atoms with Gasteiger partial charge in [-0.15, -0.1) is 0 Å². The average molecular weight is 257 g/mol. The van der Waals surface area contributed by atoms with Crippen LogP contribution in [-0.2, 0) is 15.3 Å². The van der Waals surface area contributed by atoms with E-state index in [1.807, 2.05) is 27.7 Å². The number of ether oxygens (including phenoxy) is 1. The van der Waals surface area contributed by atoms with Gasteiger partial charge in [-0.3, -0.25) is 4.98 Å². The number of pyridine rings is 1. The predicted octanol–water partition coefficient (Wildman–Crippen LogP) is 2.18. The third-order valence-electron chi connectivity index (χ3n) is 2.25. The Labute approximate surface area is 103 Å². The van der Waals surface area contributed by atoms with Crippen LogP contribution in [0.2, 0.25) is 0 Å². The van der Waals surface area contributed by atoms with Gasteiger partial charge in [-0.2, -0.15) is 0 Å². The highest BCUT2D eigenvalue weighted by Gasteiger charge is 2.25. The van der Waals surface area contributed by atoms with Gasteiger partial charge in [0.05, 0.1) is 23.4 Å². The van der Waals surface area contributed by atoms with Crippen molar-refractivity contribution >= 4 is 9.84 Å². The van der Waals surface area contributed by atoms with Gasteiger partial charge in [0.25, 0.3) is 0 Å². The molecule has 0 saturated heterocycles. The number of hydrogen-bond acceptors (Lipinski definition) is 4. The van der Waals surface area contributed by atoms with Crippen molar-refractivity contribution in [2.45, 2.75) is 38.0 Å². The number of sulfone groups is 1. The summed E-state index contributed by atoms with van der Waals surface area (Å²) >= 11 is 0. The number of aromatic nitrogens is 1. The van der Waals surface area contributed by atoms with Gasteiger partial charge in [0.2, 0.25) is 0 Å². The van der Waals surface area contributed by atoms with Crippen LogP contribution >= 0.6 is 0 Å². The van der Waals surface area contributed by atoms with Gasteiger partial charge in [0.15, 0.2) is 9.84 Å². The molecule has 1 rings (SSSR count). The summed E-state index contributed by atoms with van der Waals surface area (Å²) in [4.78, 5) is 4.48. The van der Waals surface area contributed by atoms with Crippen molar-refractivity contribution in [2.24, 2.45) is 0 Å². The van der Waals surface area contributed by atoms with Crippen LogP contribution in [0.1, 0.15) is 33.4 Å². The molecular formula is C12H19NO3S. The maximum atomic E-state index is 11.8. The molecule has 0 atom stereocenters. The lowest BCUT2D eigenvalue weighted by Crippen LogP contribution is -2.18. The normalized spacial score (nSPS) is 12.5. The molecule has 1 aromatic heterocycles. The topological polar surface area (TPSA) is 56.3 Å². The molecule has 0 bridgehead atoms. The van der Waals surface area contributed by atoms with E-state index in [1.165, 1.54) is 6.26 Å². The zero-order valence-corrected chi connectivity index (χ0v) is 11.8. The standard InChI is InChI=1S/C12H19NO3S/c1-6-16-9-7-10(17(5,14)15)11(13-8-9)12(2,3)4/h7-8H,6H2,1-5H3. The molecule has 0 aliphatic rings. The van der Waals surface area contributed by atoms with E-state index in [0.717, 1.165) is 0 Å². The Morgan fingerprint density at radius 3 is 2.35 bits per heavy atom. The third-order valence-corrected chi connectivity index (χ3v) is 3.36. The van der Waals surface area contributed by atoms with Gasteiger partial charge in [-0.1, -0.05) is 20.8 Å². The molecule has 0 fully saturated rings. The van der Waals surface area contributed by atoms with Crippen LogP contribution < -0.4 is 4.74 Å². The van der Waals surface area contributed by atoms with Crippen molar-refractivity contribution in [1.29, 1.82) is 0 Å². The summed E-state index contributed by atoms with van der Waals surface area (Å²) in [6.45, 7) is 8.14. The first kappa shape index (κ1) is 14.0. The van der Waals surface area contributed by atoms with Crippen LogP contribution in [0.3, 0.4) is 0 Å². The van der Waals surface area contributed by atoms with Crippen molar-refractivity contribution in [1.82, 2.24) is 4.98 Å². The molecule has 17 heavy (non-hydrogen) atoms. The molecule has 0 unspecified atom stereocenters. The SMILES string of the molecule is CCOc1cnc(C(C)(C)C)c(S(C)(=O)=O)c1. The molecule has 4 nitrogen and oxygen atoms in total. The number of hydrogen-bond donors (Lipinski definition) is 0. The molecule has 0 amide bonds. The molecule has 5 heteroatoms.